The maximum atomic E-state index is 12.2. The molecule has 0 saturated heterocycles. The molecule has 0 amide bonds. The van der Waals surface area contributed by atoms with Crippen LogP contribution in [0.25, 0.3) is 6.08 Å². The summed E-state index contributed by atoms with van der Waals surface area (Å²) in [5.41, 5.74) is 0.930. The van der Waals surface area contributed by atoms with Gasteiger partial charge in [0.05, 0.1) is 17.4 Å². The molecular formula is C24H45NO3SSi. The van der Waals surface area contributed by atoms with Gasteiger partial charge in [0.25, 0.3) is 0 Å². The van der Waals surface area contributed by atoms with Crippen LogP contribution in [0.1, 0.15) is 97.5 Å². The zero-order chi connectivity index (χ0) is 22.3. The van der Waals surface area contributed by atoms with Crippen molar-refractivity contribution in [3.8, 4) is 0 Å². The van der Waals surface area contributed by atoms with Gasteiger partial charge >= 0.3 is 0 Å². The number of nitrogens with one attached hydrogen (secondary N) is 1. The van der Waals surface area contributed by atoms with E-state index in [2.05, 4.69) is 38.5 Å². The smallest absolute Gasteiger partial charge is 0.232 e. The molecule has 0 radical (unpaired) electrons. The predicted octanol–water partition coefficient (Wildman–Crippen LogP) is 6.81. The van der Waals surface area contributed by atoms with E-state index in [9.17, 15) is 8.42 Å². The van der Waals surface area contributed by atoms with Gasteiger partial charge in [-0.05, 0) is 18.6 Å². The second-order valence-electron chi connectivity index (χ2n) is 8.54. The maximum Gasteiger partial charge on any atom is 0.232 e. The Balaban J connectivity index is 2.29. The molecule has 174 valence electrons. The Morgan fingerprint density at radius 1 is 0.867 bits per heavy atom. The van der Waals surface area contributed by atoms with E-state index in [1.807, 2.05) is 0 Å². The van der Waals surface area contributed by atoms with Crippen LogP contribution in [-0.2, 0) is 10.0 Å². The highest BCUT2D eigenvalue weighted by atomic mass is 32.2. The highest BCUT2D eigenvalue weighted by molar-refractivity contribution is 7.89. The fourth-order valence-electron chi connectivity index (χ4n) is 4.06. The summed E-state index contributed by atoms with van der Waals surface area (Å²) >= 11 is 0. The van der Waals surface area contributed by atoms with Crippen molar-refractivity contribution in [1.29, 1.82) is 0 Å². The van der Waals surface area contributed by atoms with Gasteiger partial charge in [0, 0.05) is 11.8 Å². The SMILES string of the molecule is CCCCCCCCCCCCS(=O)(=O)N/C=C/c1coc([Si](CC)(CC)CC)c1. The van der Waals surface area contributed by atoms with Crippen LogP contribution in [0.2, 0.25) is 18.1 Å². The molecular weight excluding hydrogens is 410 g/mol. The number of furan rings is 1. The molecule has 0 spiro atoms. The van der Waals surface area contributed by atoms with E-state index in [0.29, 0.717) is 0 Å². The summed E-state index contributed by atoms with van der Waals surface area (Å²) in [7, 11) is -4.78. The lowest BCUT2D eigenvalue weighted by atomic mass is 10.1. The average molecular weight is 456 g/mol. The first-order valence-electron chi connectivity index (χ1n) is 12.2. The average Bonchev–Trinajstić information content (AvgIpc) is 3.20. The van der Waals surface area contributed by atoms with Crippen molar-refractivity contribution < 1.29 is 12.8 Å². The van der Waals surface area contributed by atoms with Crippen LogP contribution in [0.4, 0.5) is 0 Å². The summed E-state index contributed by atoms with van der Waals surface area (Å²) in [6.07, 6.45) is 17.1. The van der Waals surface area contributed by atoms with Crippen LogP contribution >= 0.6 is 0 Å². The van der Waals surface area contributed by atoms with Gasteiger partial charge in [0.15, 0.2) is 0 Å². The van der Waals surface area contributed by atoms with Crippen molar-refractivity contribution in [2.24, 2.45) is 0 Å². The topological polar surface area (TPSA) is 59.3 Å². The second-order valence-corrected chi connectivity index (χ2v) is 15.6. The van der Waals surface area contributed by atoms with Gasteiger partial charge in [0.2, 0.25) is 10.0 Å². The minimum Gasteiger partial charge on any atom is -0.474 e. The summed E-state index contributed by atoms with van der Waals surface area (Å²) in [4.78, 5) is 0. The normalized spacial score (nSPS) is 12.7. The first kappa shape index (κ1) is 27.0. The van der Waals surface area contributed by atoms with Crippen molar-refractivity contribution in [1.82, 2.24) is 4.72 Å². The Kier molecular flexibility index (Phi) is 13.4. The lowest BCUT2D eigenvalue weighted by Gasteiger charge is -2.24. The molecule has 6 heteroatoms. The molecule has 0 bridgehead atoms. The third kappa shape index (κ3) is 9.86. The Morgan fingerprint density at radius 3 is 1.93 bits per heavy atom. The molecule has 1 heterocycles. The molecule has 0 atom stereocenters. The number of hydrogen-bond acceptors (Lipinski definition) is 3. The second kappa shape index (κ2) is 14.9. The maximum absolute atomic E-state index is 12.2. The molecule has 0 saturated carbocycles. The fraction of sp³-hybridized carbons (Fsp3) is 0.750. The van der Waals surface area contributed by atoms with Crippen molar-refractivity contribution in [3.63, 3.8) is 0 Å². The minimum absolute atomic E-state index is 0.196. The lowest BCUT2D eigenvalue weighted by Crippen LogP contribution is -2.44. The van der Waals surface area contributed by atoms with Crippen LogP contribution in [0.5, 0.6) is 0 Å². The summed E-state index contributed by atoms with van der Waals surface area (Å²) in [6, 6.07) is 5.60. The molecule has 0 aliphatic rings. The van der Waals surface area contributed by atoms with Crippen molar-refractivity contribution in [2.75, 3.05) is 5.75 Å². The zero-order valence-corrected chi connectivity index (χ0v) is 21.7. The van der Waals surface area contributed by atoms with E-state index in [1.54, 1.807) is 12.3 Å². The standard InChI is InChI=1S/C24H45NO3SSi/c1-5-9-10-11-12-13-14-15-16-17-20-29(26,27)25-19-18-23-21-24(28-22-23)30(6-2,7-3)8-4/h18-19,21-22,25H,5-17,20H2,1-4H3/b19-18+. The number of sulfonamides is 1. The third-order valence-electron chi connectivity index (χ3n) is 6.46. The Hall–Kier alpha value is -1.01. The molecule has 4 nitrogen and oxygen atoms in total. The van der Waals surface area contributed by atoms with Gasteiger partial charge in [-0.25, -0.2) is 8.42 Å². The molecule has 0 aliphatic carbocycles. The third-order valence-corrected chi connectivity index (χ3v) is 13.2. The van der Waals surface area contributed by atoms with E-state index in [1.165, 1.54) is 69.3 Å². The zero-order valence-electron chi connectivity index (χ0n) is 19.8. The molecule has 0 unspecified atom stereocenters. The van der Waals surface area contributed by atoms with Crippen molar-refractivity contribution in [3.05, 3.63) is 24.1 Å². The molecule has 0 aromatic carbocycles. The van der Waals surface area contributed by atoms with Crippen LogP contribution in [0.3, 0.4) is 0 Å². The fourth-order valence-corrected chi connectivity index (χ4v) is 8.37. The number of hydrogen-bond donors (Lipinski definition) is 1. The van der Waals surface area contributed by atoms with Crippen LogP contribution in [-0.4, -0.2) is 22.2 Å². The molecule has 1 aromatic heterocycles. The van der Waals surface area contributed by atoms with E-state index in [-0.39, 0.29) is 5.75 Å². The first-order chi connectivity index (χ1) is 14.4. The highest BCUT2D eigenvalue weighted by Gasteiger charge is 2.32. The lowest BCUT2D eigenvalue weighted by molar-refractivity contribution is 0.557. The molecule has 1 N–H and O–H groups in total. The summed E-state index contributed by atoms with van der Waals surface area (Å²) in [5, 5.41) is 1.13. The monoisotopic (exact) mass is 455 g/mol. The highest BCUT2D eigenvalue weighted by Crippen LogP contribution is 2.21. The molecule has 1 rings (SSSR count). The Bertz CT molecular complexity index is 685. The van der Waals surface area contributed by atoms with Gasteiger partial charge in [-0.1, -0.05) is 104 Å². The Labute approximate surface area is 187 Å². The first-order valence-corrected chi connectivity index (χ1v) is 16.5. The summed E-state index contributed by atoms with van der Waals surface area (Å²) in [6.45, 7) is 8.99. The summed E-state index contributed by atoms with van der Waals surface area (Å²) < 4.78 is 32.8. The van der Waals surface area contributed by atoms with E-state index in [0.717, 1.165) is 30.2 Å². The molecule has 0 aliphatic heterocycles. The van der Waals surface area contributed by atoms with Crippen molar-refractivity contribution >= 4 is 29.6 Å². The van der Waals surface area contributed by atoms with Crippen molar-refractivity contribution in [2.45, 2.75) is 110 Å². The quantitative estimate of drug-likeness (QED) is 0.195. The van der Waals surface area contributed by atoms with Gasteiger partial charge in [-0.15, -0.1) is 0 Å². The minimum atomic E-state index is -3.25. The van der Waals surface area contributed by atoms with Crippen LogP contribution in [0, 0.1) is 0 Å². The van der Waals surface area contributed by atoms with E-state index < -0.39 is 18.1 Å². The predicted molar refractivity (Wildman–Crippen MR) is 133 cm³/mol. The van der Waals surface area contributed by atoms with Crippen LogP contribution in [0.15, 0.2) is 22.9 Å². The largest absolute Gasteiger partial charge is 0.474 e. The molecule has 30 heavy (non-hydrogen) atoms. The Morgan fingerprint density at radius 2 is 1.40 bits per heavy atom. The van der Waals surface area contributed by atoms with Gasteiger partial charge in [0.1, 0.15) is 8.07 Å². The van der Waals surface area contributed by atoms with Crippen LogP contribution < -0.4 is 10.1 Å². The van der Waals surface area contributed by atoms with E-state index >= 15 is 0 Å². The molecule has 0 fully saturated rings. The van der Waals surface area contributed by atoms with Gasteiger partial charge < -0.3 is 4.42 Å². The summed E-state index contributed by atoms with van der Waals surface area (Å²) in [5.74, 6) is 0.196. The number of rotatable bonds is 18. The van der Waals surface area contributed by atoms with Gasteiger partial charge in [-0.3, -0.25) is 4.72 Å². The van der Waals surface area contributed by atoms with E-state index in [4.69, 9.17) is 4.42 Å². The molecule has 1 aromatic rings. The van der Waals surface area contributed by atoms with Gasteiger partial charge in [-0.2, -0.15) is 0 Å². The number of unbranched alkanes of at least 4 members (excludes halogenated alkanes) is 9.